The first-order valence-electron chi connectivity index (χ1n) is 7.37. The molecule has 1 saturated carbocycles. The fraction of sp³-hybridized carbons (Fsp3) is 0.471. The summed E-state index contributed by atoms with van der Waals surface area (Å²) in [6, 6.07) is 5.96. The van der Waals surface area contributed by atoms with Crippen LogP contribution in [0.1, 0.15) is 35.2 Å². The maximum atomic E-state index is 12.6. The lowest BCUT2D eigenvalue weighted by atomic mass is 10.0. The molecule has 104 valence electrons. The summed E-state index contributed by atoms with van der Waals surface area (Å²) in [5.41, 5.74) is 3.18. The van der Waals surface area contributed by atoms with Crippen LogP contribution in [0.5, 0.6) is 0 Å². The third kappa shape index (κ3) is 2.80. The number of rotatable bonds is 4. The lowest BCUT2D eigenvalue weighted by Crippen LogP contribution is -2.33. The lowest BCUT2D eigenvalue weighted by Gasteiger charge is -2.22. The number of fused-ring (bicyclic) bond motifs is 1. The molecule has 1 N–H and O–H groups in total. The Kier molecular flexibility index (Phi) is 3.64. The molecule has 3 heteroatoms. The van der Waals surface area contributed by atoms with E-state index >= 15 is 0 Å². The predicted octanol–water partition coefficient (Wildman–Crippen LogP) is 2.53. The van der Waals surface area contributed by atoms with Gasteiger partial charge in [0.15, 0.2) is 0 Å². The second kappa shape index (κ2) is 5.58. The van der Waals surface area contributed by atoms with Crippen molar-refractivity contribution in [1.29, 1.82) is 0 Å². The third-order valence-corrected chi connectivity index (χ3v) is 4.04. The molecule has 1 amide bonds. The molecule has 0 saturated heterocycles. The molecular formula is C17H20N2O. The molecule has 2 aliphatic rings. The fourth-order valence-corrected chi connectivity index (χ4v) is 2.73. The Bertz CT molecular complexity index is 555. The Morgan fingerprint density at radius 1 is 1.45 bits per heavy atom. The van der Waals surface area contributed by atoms with E-state index in [0.29, 0.717) is 12.5 Å². The van der Waals surface area contributed by atoms with Crippen molar-refractivity contribution in [2.75, 3.05) is 25.0 Å². The van der Waals surface area contributed by atoms with Crippen molar-refractivity contribution in [2.45, 2.75) is 25.7 Å². The summed E-state index contributed by atoms with van der Waals surface area (Å²) in [7, 11) is 0. The van der Waals surface area contributed by atoms with Crippen LogP contribution in [0, 0.1) is 18.3 Å². The van der Waals surface area contributed by atoms with E-state index in [0.717, 1.165) is 31.5 Å². The molecule has 0 spiro atoms. The average Bonchev–Trinajstić information content (AvgIpc) is 3.29. The highest BCUT2D eigenvalue weighted by atomic mass is 16.2. The number of nitrogens with zero attached hydrogens (tertiary/aromatic N) is 1. The van der Waals surface area contributed by atoms with Crippen LogP contribution in [-0.2, 0) is 6.42 Å². The first-order chi connectivity index (χ1) is 9.78. The summed E-state index contributed by atoms with van der Waals surface area (Å²) in [5, 5.41) is 3.37. The van der Waals surface area contributed by atoms with Gasteiger partial charge in [-0.2, -0.15) is 0 Å². The molecular weight excluding hydrogens is 248 g/mol. The Hall–Kier alpha value is -1.95. The molecule has 1 aromatic carbocycles. The van der Waals surface area contributed by atoms with Crippen LogP contribution in [0.15, 0.2) is 18.2 Å². The first kappa shape index (κ1) is 13.1. The second-order valence-electron chi connectivity index (χ2n) is 5.74. The zero-order valence-corrected chi connectivity index (χ0v) is 11.7. The van der Waals surface area contributed by atoms with Crippen LogP contribution >= 0.6 is 0 Å². The Morgan fingerprint density at radius 3 is 3.05 bits per heavy atom. The molecule has 3 nitrogen and oxygen atoms in total. The highest BCUT2D eigenvalue weighted by molar-refractivity contribution is 5.95. The molecule has 3 rings (SSSR count). The molecule has 1 aliphatic heterocycles. The van der Waals surface area contributed by atoms with Gasteiger partial charge in [0.05, 0.1) is 6.54 Å². The Morgan fingerprint density at radius 2 is 2.30 bits per heavy atom. The van der Waals surface area contributed by atoms with Crippen molar-refractivity contribution < 1.29 is 4.79 Å². The van der Waals surface area contributed by atoms with Gasteiger partial charge in [-0.1, -0.05) is 5.92 Å². The van der Waals surface area contributed by atoms with E-state index in [9.17, 15) is 4.79 Å². The van der Waals surface area contributed by atoms with Crippen molar-refractivity contribution in [2.24, 2.45) is 5.92 Å². The molecule has 1 fully saturated rings. The van der Waals surface area contributed by atoms with Gasteiger partial charge in [0.25, 0.3) is 5.91 Å². The summed E-state index contributed by atoms with van der Waals surface area (Å²) in [6.45, 7) is 2.23. The lowest BCUT2D eigenvalue weighted by molar-refractivity contribution is 0.0769. The van der Waals surface area contributed by atoms with Crippen molar-refractivity contribution in [3.63, 3.8) is 0 Å². The number of benzene rings is 1. The van der Waals surface area contributed by atoms with E-state index in [1.54, 1.807) is 0 Å². The minimum absolute atomic E-state index is 0.0724. The van der Waals surface area contributed by atoms with E-state index in [2.05, 4.69) is 11.2 Å². The molecule has 0 radical (unpaired) electrons. The maximum absolute atomic E-state index is 12.6. The standard InChI is InChI=1S/C17H20N2O/c1-2-10-19(12-13-5-6-13)17(20)15-7-8-16-14(11-15)4-3-9-18-16/h1,7-8,11,13,18H,3-6,9-10,12H2. The normalized spacial score (nSPS) is 16.8. The van der Waals surface area contributed by atoms with Gasteiger partial charge < -0.3 is 10.2 Å². The van der Waals surface area contributed by atoms with E-state index in [4.69, 9.17) is 6.42 Å². The quantitative estimate of drug-likeness (QED) is 0.851. The summed E-state index contributed by atoms with van der Waals surface area (Å²) < 4.78 is 0. The smallest absolute Gasteiger partial charge is 0.254 e. The number of anilines is 1. The number of nitrogens with one attached hydrogen (secondary N) is 1. The van der Waals surface area contributed by atoms with Crippen LogP contribution in [0.25, 0.3) is 0 Å². The second-order valence-corrected chi connectivity index (χ2v) is 5.74. The van der Waals surface area contributed by atoms with E-state index < -0.39 is 0 Å². The van der Waals surface area contributed by atoms with Crippen molar-refractivity contribution in [3.8, 4) is 12.3 Å². The van der Waals surface area contributed by atoms with Crippen LogP contribution in [0.4, 0.5) is 5.69 Å². The van der Waals surface area contributed by atoms with Crippen LogP contribution in [0.2, 0.25) is 0 Å². The van der Waals surface area contributed by atoms with Gasteiger partial charge in [0, 0.05) is 24.3 Å². The van der Waals surface area contributed by atoms with Gasteiger partial charge in [-0.3, -0.25) is 4.79 Å². The molecule has 0 bridgehead atoms. The van der Waals surface area contributed by atoms with Gasteiger partial charge in [-0.25, -0.2) is 0 Å². The topological polar surface area (TPSA) is 32.3 Å². The highest BCUT2D eigenvalue weighted by Gasteiger charge is 2.27. The largest absolute Gasteiger partial charge is 0.385 e. The predicted molar refractivity (Wildman–Crippen MR) is 80.7 cm³/mol. The number of carbonyl (C=O) groups excluding carboxylic acids is 1. The minimum Gasteiger partial charge on any atom is -0.385 e. The van der Waals surface area contributed by atoms with Gasteiger partial charge in [0.1, 0.15) is 0 Å². The fourth-order valence-electron chi connectivity index (χ4n) is 2.73. The number of terminal acetylenes is 1. The first-order valence-corrected chi connectivity index (χ1v) is 7.37. The molecule has 20 heavy (non-hydrogen) atoms. The van der Waals surface area contributed by atoms with Crippen LogP contribution in [0.3, 0.4) is 0 Å². The molecule has 1 heterocycles. The van der Waals surface area contributed by atoms with Crippen molar-refractivity contribution in [3.05, 3.63) is 29.3 Å². The average molecular weight is 268 g/mol. The summed E-state index contributed by atoms with van der Waals surface area (Å²) in [6.07, 6.45) is 10.0. The van der Waals surface area contributed by atoms with E-state index in [1.807, 2.05) is 23.1 Å². The number of hydrogen-bond acceptors (Lipinski definition) is 2. The van der Waals surface area contributed by atoms with Gasteiger partial charge >= 0.3 is 0 Å². The van der Waals surface area contributed by atoms with E-state index in [-0.39, 0.29) is 5.91 Å². The maximum Gasteiger partial charge on any atom is 0.254 e. The van der Waals surface area contributed by atoms with Gasteiger partial charge in [-0.05, 0) is 55.4 Å². The molecule has 0 atom stereocenters. The molecule has 1 aromatic rings. The molecule has 0 unspecified atom stereocenters. The Labute approximate surface area is 120 Å². The summed E-state index contributed by atoms with van der Waals surface area (Å²) in [4.78, 5) is 14.4. The third-order valence-electron chi connectivity index (χ3n) is 4.04. The number of hydrogen-bond donors (Lipinski definition) is 1. The minimum atomic E-state index is 0.0724. The zero-order chi connectivity index (χ0) is 13.9. The number of carbonyl (C=O) groups is 1. The summed E-state index contributed by atoms with van der Waals surface area (Å²) in [5.74, 6) is 3.34. The van der Waals surface area contributed by atoms with Crippen molar-refractivity contribution >= 4 is 11.6 Å². The number of amides is 1. The molecule has 0 aromatic heterocycles. The van der Waals surface area contributed by atoms with Crippen LogP contribution < -0.4 is 5.32 Å². The highest BCUT2D eigenvalue weighted by Crippen LogP contribution is 2.30. The Balaban J connectivity index is 1.79. The molecule has 1 aliphatic carbocycles. The summed E-state index contributed by atoms with van der Waals surface area (Å²) >= 11 is 0. The van der Waals surface area contributed by atoms with Crippen LogP contribution in [-0.4, -0.2) is 30.4 Å². The monoisotopic (exact) mass is 268 g/mol. The van der Waals surface area contributed by atoms with Crippen molar-refractivity contribution in [1.82, 2.24) is 4.90 Å². The van der Waals surface area contributed by atoms with Gasteiger partial charge in [-0.15, -0.1) is 6.42 Å². The SMILES string of the molecule is C#CCN(CC1CC1)C(=O)c1ccc2c(c1)CCCN2. The number of aryl methyl sites for hydroxylation is 1. The van der Waals surface area contributed by atoms with Gasteiger partial charge in [0.2, 0.25) is 0 Å². The zero-order valence-electron chi connectivity index (χ0n) is 11.7. The van der Waals surface area contributed by atoms with E-state index in [1.165, 1.54) is 24.1 Å².